The molecular formula is C20H16O3. The van der Waals surface area contributed by atoms with Crippen LogP contribution in [-0.4, -0.2) is 6.61 Å². The fraction of sp³-hybridized carbons (Fsp3) is 0.150. The monoisotopic (exact) mass is 304 g/mol. The Balaban J connectivity index is 1.93. The Kier molecular flexibility index (Phi) is 3.08. The van der Waals surface area contributed by atoms with E-state index in [1.54, 1.807) is 6.92 Å². The minimum atomic E-state index is -0.327. The molecule has 114 valence electrons. The molecule has 0 bridgehead atoms. The number of aryl methyl sites for hydroxylation is 1. The molecular weight excluding hydrogens is 288 g/mol. The molecule has 1 aromatic heterocycles. The van der Waals surface area contributed by atoms with Crippen LogP contribution in [0.1, 0.15) is 22.5 Å². The highest BCUT2D eigenvalue weighted by molar-refractivity contribution is 5.96. The third kappa shape index (κ3) is 2.16. The van der Waals surface area contributed by atoms with Gasteiger partial charge in [-0.1, -0.05) is 42.5 Å². The average molecular weight is 304 g/mol. The fourth-order valence-electron chi connectivity index (χ4n) is 3.06. The minimum absolute atomic E-state index is 0.327. The Morgan fingerprint density at radius 2 is 1.83 bits per heavy atom. The van der Waals surface area contributed by atoms with Crippen molar-refractivity contribution < 1.29 is 9.15 Å². The van der Waals surface area contributed by atoms with E-state index in [-0.39, 0.29) is 5.63 Å². The first-order chi connectivity index (χ1) is 11.1. The number of hydrogen-bond donors (Lipinski definition) is 0. The lowest BCUT2D eigenvalue weighted by Crippen LogP contribution is -2.06. The van der Waals surface area contributed by atoms with E-state index in [0.717, 1.165) is 22.1 Å². The number of benzene rings is 2. The summed E-state index contributed by atoms with van der Waals surface area (Å²) in [5, 5.41) is 2.33. The summed E-state index contributed by atoms with van der Waals surface area (Å²) < 4.78 is 11.1. The molecule has 1 aliphatic heterocycles. The van der Waals surface area contributed by atoms with Gasteiger partial charge in [0.2, 0.25) is 0 Å². The summed E-state index contributed by atoms with van der Waals surface area (Å²) in [4.78, 5) is 12.3. The van der Waals surface area contributed by atoms with Gasteiger partial charge in [0.1, 0.15) is 23.7 Å². The molecule has 3 aromatic rings. The van der Waals surface area contributed by atoms with Crippen LogP contribution >= 0.6 is 0 Å². The van der Waals surface area contributed by atoms with Gasteiger partial charge >= 0.3 is 5.63 Å². The van der Waals surface area contributed by atoms with Crippen LogP contribution in [0.15, 0.2) is 51.7 Å². The maximum atomic E-state index is 12.3. The summed E-state index contributed by atoms with van der Waals surface area (Å²) in [6, 6.07) is 14.4. The predicted octanol–water partition coefficient (Wildman–Crippen LogP) is 4.34. The molecule has 0 fully saturated rings. The lowest BCUT2D eigenvalue weighted by atomic mass is 10.00. The van der Waals surface area contributed by atoms with Gasteiger partial charge in [0.05, 0.1) is 0 Å². The van der Waals surface area contributed by atoms with Gasteiger partial charge in [-0.2, -0.15) is 0 Å². The molecule has 0 saturated carbocycles. The van der Waals surface area contributed by atoms with Crippen molar-refractivity contribution in [2.45, 2.75) is 13.8 Å². The van der Waals surface area contributed by atoms with Crippen molar-refractivity contribution in [3.63, 3.8) is 0 Å². The summed E-state index contributed by atoms with van der Waals surface area (Å²) in [5.41, 5.74) is 3.06. The van der Waals surface area contributed by atoms with Gasteiger partial charge in [-0.05, 0) is 36.3 Å². The van der Waals surface area contributed by atoms with Gasteiger partial charge in [0.15, 0.2) is 0 Å². The van der Waals surface area contributed by atoms with E-state index in [0.29, 0.717) is 23.7 Å². The molecule has 23 heavy (non-hydrogen) atoms. The number of fused-ring (bicyclic) bond motifs is 2. The molecule has 0 N–H and O–H groups in total. The average Bonchev–Trinajstić information content (AvgIpc) is 2.97. The second kappa shape index (κ2) is 5.13. The molecule has 2 aromatic carbocycles. The van der Waals surface area contributed by atoms with Crippen LogP contribution in [-0.2, 0) is 0 Å². The maximum absolute atomic E-state index is 12.3. The standard InChI is InChI=1S/C20H16O3/c1-12-13(2)23-20(21)18-16(11-22-19(12)18)10-15-8-5-7-14-6-3-4-9-17(14)15/h3-10H,11H2,1-2H3/b16-10-. The Morgan fingerprint density at radius 1 is 1.04 bits per heavy atom. The fourth-order valence-corrected chi connectivity index (χ4v) is 3.06. The van der Waals surface area contributed by atoms with Crippen molar-refractivity contribution in [3.8, 4) is 5.75 Å². The molecule has 0 atom stereocenters. The van der Waals surface area contributed by atoms with E-state index in [9.17, 15) is 4.79 Å². The van der Waals surface area contributed by atoms with Crippen LogP contribution in [0.3, 0.4) is 0 Å². The molecule has 0 amide bonds. The van der Waals surface area contributed by atoms with Gasteiger partial charge in [-0.15, -0.1) is 0 Å². The summed E-state index contributed by atoms with van der Waals surface area (Å²) >= 11 is 0. The van der Waals surface area contributed by atoms with Crippen LogP contribution in [0.5, 0.6) is 5.75 Å². The Labute approximate surface area is 133 Å². The smallest absolute Gasteiger partial charge is 0.347 e. The first-order valence-electron chi connectivity index (χ1n) is 7.61. The molecule has 4 rings (SSSR count). The highest BCUT2D eigenvalue weighted by atomic mass is 16.5. The van der Waals surface area contributed by atoms with Crippen molar-refractivity contribution in [2.24, 2.45) is 0 Å². The van der Waals surface area contributed by atoms with E-state index < -0.39 is 0 Å². The van der Waals surface area contributed by atoms with Crippen LogP contribution in [0.2, 0.25) is 0 Å². The molecule has 0 aliphatic carbocycles. The molecule has 2 heterocycles. The SMILES string of the molecule is Cc1oc(=O)c2c(c1C)OC/C2=C/c1cccc2ccccc12. The third-order valence-corrected chi connectivity index (χ3v) is 4.39. The molecule has 0 saturated heterocycles. The zero-order chi connectivity index (χ0) is 16.0. The summed E-state index contributed by atoms with van der Waals surface area (Å²) in [7, 11) is 0. The highest BCUT2D eigenvalue weighted by Gasteiger charge is 2.26. The molecule has 1 aliphatic rings. The first-order valence-corrected chi connectivity index (χ1v) is 7.61. The van der Waals surface area contributed by atoms with E-state index in [4.69, 9.17) is 9.15 Å². The van der Waals surface area contributed by atoms with Gasteiger partial charge in [0.25, 0.3) is 0 Å². The lowest BCUT2D eigenvalue weighted by Gasteiger charge is -2.04. The van der Waals surface area contributed by atoms with Crippen molar-refractivity contribution in [2.75, 3.05) is 6.61 Å². The molecule has 0 spiro atoms. The summed E-state index contributed by atoms with van der Waals surface area (Å²) in [5.74, 6) is 1.27. The zero-order valence-corrected chi connectivity index (χ0v) is 13.1. The van der Waals surface area contributed by atoms with E-state index in [1.807, 2.05) is 31.2 Å². The molecule has 3 nitrogen and oxygen atoms in total. The second-order valence-corrected chi connectivity index (χ2v) is 5.80. The minimum Gasteiger partial charge on any atom is -0.488 e. The largest absolute Gasteiger partial charge is 0.488 e. The van der Waals surface area contributed by atoms with E-state index >= 15 is 0 Å². The van der Waals surface area contributed by atoms with E-state index in [1.165, 1.54) is 5.39 Å². The Bertz CT molecular complexity index is 1000. The van der Waals surface area contributed by atoms with Crippen molar-refractivity contribution in [1.82, 2.24) is 0 Å². The molecule has 3 heteroatoms. The molecule has 0 radical (unpaired) electrons. The Morgan fingerprint density at radius 3 is 2.70 bits per heavy atom. The van der Waals surface area contributed by atoms with Gasteiger partial charge < -0.3 is 9.15 Å². The number of rotatable bonds is 1. The van der Waals surface area contributed by atoms with Crippen molar-refractivity contribution in [3.05, 3.63) is 75.3 Å². The maximum Gasteiger partial charge on any atom is 0.347 e. The molecule has 0 unspecified atom stereocenters. The normalized spacial score (nSPS) is 15.0. The Hall–Kier alpha value is -2.81. The van der Waals surface area contributed by atoms with Crippen molar-refractivity contribution >= 4 is 22.4 Å². The zero-order valence-electron chi connectivity index (χ0n) is 13.1. The van der Waals surface area contributed by atoms with Crippen molar-refractivity contribution in [1.29, 1.82) is 0 Å². The van der Waals surface area contributed by atoms with Crippen LogP contribution in [0, 0.1) is 13.8 Å². The third-order valence-electron chi connectivity index (χ3n) is 4.39. The van der Waals surface area contributed by atoms with Gasteiger partial charge in [0, 0.05) is 11.1 Å². The van der Waals surface area contributed by atoms with Crippen LogP contribution in [0.25, 0.3) is 22.4 Å². The second-order valence-electron chi connectivity index (χ2n) is 5.80. The topological polar surface area (TPSA) is 39.4 Å². The number of ether oxygens (including phenoxy) is 1. The van der Waals surface area contributed by atoms with Gasteiger partial charge in [-0.3, -0.25) is 0 Å². The first kappa shape index (κ1) is 13.8. The predicted molar refractivity (Wildman–Crippen MR) is 91.8 cm³/mol. The summed E-state index contributed by atoms with van der Waals surface area (Å²) in [6.07, 6.45) is 2.03. The van der Waals surface area contributed by atoms with Crippen LogP contribution in [0.4, 0.5) is 0 Å². The number of hydrogen-bond acceptors (Lipinski definition) is 3. The lowest BCUT2D eigenvalue weighted by molar-refractivity contribution is 0.376. The quantitative estimate of drug-likeness (QED) is 0.671. The highest BCUT2D eigenvalue weighted by Crippen LogP contribution is 2.36. The summed E-state index contributed by atoms with van der Waals surface area (Å²) in [6.45, 7) is 4.10. The van der Waals surface area contributed by atoms with Gasteiger partial charge in [-0.25, -0.2) is 4.79 Å². The van der Waals surface area contributed by atoms with Crippen LogP contribution < -0.4 is 10.4 Å². The van der Waals surface area contributed by atoms with E-state index in [2.05, 4.69) is 24.3 Å².